The summed E-state index contributed by atoms with van der Waals surface area (Å²) in [6.45, 7) is 8.24. The Hall–Kier alpha value is -1.88. The van der Waals surface area contributed by atoms with Crippen LogP contribution in [0.2, 0.25) is 0 Å². The first-order valence-electron chi connectivity index (χ1n) is 8.25. The first-order valence-corrected chi connectivity index (χ1v) is 8.25. The molecule has 2 rings (SSSR count). The molecule has 0 radical (unpaired) electrons. The van der Waals surface area contributed by atoms with Crippen LogP contribution in [-0.4, -0.2) is 54.0 Å². The number of nitrogens with zero attached hydrogens (tertiary/aromatic N) is 2. The first-order chi connectivity index (χ1) is 11.0. The number of aryl methyl sites for hydroxylation is 1. The Morgan fingerprint density at radius 1 is 1.26 bits per heavy atom. The van der Waals surface area contributed by atoms with E-state index in [1.165, 1.54) is 5.56 Å². The molecule has 0 N–H and O–H groups in total. The van der Waals surface area contributed by atoms with Gasteiger partial charge < -0.3 is 14.5 Å². The second-order valence-electron chi connectivity index (χ2n) is 6.07. The highest BCUT2D eigenvalue weighted by atomic mass is 16.5. The number of ether oxygens (including phenoxy) is 1. The van der Waals surface area contributed by atoms with Gasteiger partial charge in [-0.3, -0.25) is 9.59 Å². The van der Waals surface area contributed by atoms with E-state index in [2.05, 4.69) is 0 Å². The summed E-state index contributed by atoms with van der Waals surface area (Å²) in [5.74, 6) is -0.102. The molecule has 1 aliphatic heterocycles. The lowest BCUT2D eigenvalue weighted by atomic mass is 10.1. The first kappa shape index (κ1) is 17.5. The number of hydrogen-bond acceptors (Lipinski definition) is 3. The summed E-state index contributed by atoms with van der Waals surface area (Å²) in [5.41, 5.74) is 2.32. The number of amides is 2. The fourth-order valence-corrected chi connectivity index (χ4v) is 2.60. The van der Waals surface area contributed by atoms with Gasteiger partial charge in [0.25, 0.3) is 5.91 Å². The fourth-order valence-electron chi connectivity index (χ4n) is 2.60. The second kappa shape index (κ2) is 8.11. The number of rotatable bonds is 6. The van der Waals surface area contributed by atoms with E-state index in [1.807, 2.05) is 43.0 Å². The zero-order valence-electron chi connectivity index (χ0n) is 14.2. The van der Waals surface area contributed by atoms with Gasteiger partial charge in [0, 0.05) is 26.2 Å². The zero-order chi connectivity index (χ0) is 16.8. The van der Waals surface area contributed by atoms with Crippen LogP contribution in [0.4, 0.5) is 0 Å². The van der Waals surface area contributed by atoms with Gasteiger partial charge in [-0.2, -0.15) is 0 Å². The van der Waals surface area contributed by atoms with Crippen LogP contribution in [0.1, 0.15) is 31.4 Å². The molecular formula is C18H26N2O3. The Balaban J connectivity index is 1.88. The largest absolute Gasteiger partial charge is 0.369 e. The molecule has 0 bridgehead atoms. The van der Waals surface area contributed by atoms with E-state index in [0.29, 0.717) is 26.2 Å². The summed E-state index contributed by atoms with van der Waals surface area (Å²) in [4.78, 5) is 28.0. The number of benzene rings is 1. The van der Waals surface area contributed by atoms with Crippen molar-refractivity contribution in [3.63, 3.8) is 0 Å². The average Bonchev–Trinajstić information content (AvgIpc) is 2.55. The summed E-state index contributed by atoms with van der Waals surface area (Å²) in [5, 5.41) is 0. The summed E-state index contributed by atoms with van der Waals surface area (Å²) in [6.07, 6.45) is 0.396. The van der Waals surface area contributed by atoms with Gasteiger partial charge in [0.2, 0.25) is 5.91 Å². The van der Waals surface area contributed by atoms with E-state index in [-0.39, 0.29) is 18.4 Å². The minimum absolute atomic E-state index is 0.00661. The maximum atomic E-state index is 12.3. The SMILES string of the molecule is CCCOC(C)C(=O)N1CCN(Cc2ccc(C)cc2)C(=O)C1. The Bertz CT molecular complexity index is 542. The zero-order valence-corrected chi connectivity index (χ0v) is 14.2. The van der Waals surface area contributed by atoms with Gasteiger partial charge in [-0.1, -0.05) is 36.8 Å². The lowest BCUT2D eigenvalue weighted by Gasteiger charge is -2.35. The van der Waals surface area contributed by atoms with Crippen molar-refractivity contribution < 1.29 is 14.3 Å². The van der Waals surface area contributed by atoms with Crippen LogP contribution in [0.25, 0.3) is 0 Å². The van der Waals surface area contributed by atoms with Crippen molar-refractivity contribution in [1.82, 2.24) is 9.80 Å². The standard InChI is InChI=1S/C18H26N2O3/c1-4-11-23-15(3)18(22)20-10-9-19(17(21)13-20)12-16-7-5-14(2)6-8-16/h5-8,15H,4,9-13H2,1-3H3. The van der Waals surface area contributed by atoms with Crippen LogP contribution >= 0.6 is 0 Å². The second-order valence-corrected chi connectivity index (χ2v) is 6.07. The number of piperazine rings is 1. The molecule has 1 aliphatic rings. The predicted octanol–water partition coefficient (Wildman–Crippen LogP) is 1.98. The van der Waals surface area contributed by atoms with E-state index in [4.69, 9.17) is 4.74 Å². The van der Waals surface area contributed by atoms with Gasteiger partial charge in [-0.25, -0.2) is 0 Å². The summed E-state index contributed by atoms with van der Waals surface area (Å²) >= 11 is 0. The normalized spacial score (nSPS) is 16.6. The van der Waals surface area contributed by atoms with Gasteiger partial charge in [-0.05, 0) is 25.8 Å². The molecule has 1 aromatic rings. The third kappa shape index (κ3) is 4.79. The maximum Gasteiger partial charge on any atom is 0.251 e. The monoisotopic (exact) mass is 318 g/mol. The molecule has 1 heterocycles. The van der Waals surface area contributed by atoms with Crippen molar-refractivity contribution in [2.75, 3.05) is 26.2 Å². The molecule has 0 aliphatic carbocycles. The van der Waals surface area contributed by atoms with Gasteiger partial charge in [-0.15, -0.1) is 0 Å². The van der Waals surface area contributed by atoms with E-state index in [0.717, 1.165) is 12.0 Å². The summed E-state index contributed by atoms with van der Waals surface area (Å²) < 4.78 is 5.46. The van der Waals surface area contributed by atoms with Crippen molar-refractivity contribution in [1.29, 1.82) is 0 Å². The Labute approximate surface area is 138 Å². The van der Waals surface area contributed by atoms with Crippen LogP contribution in [0.15, 0.2) is 24.3 Å². The van der Waals surface area contributed by atoms with Crippen LogP contribution in [0.3, 0.4) is 0 Å². The van der Waals surface area contributed by atoms with Crippen LogP contribution < -0.4 is 0 Å². The predicted molar refractivity (Wildman–Crippen MR) is 88.9 cm³/mol. The molecule has 0 saturated carbocycles. The lowest BCUT2D eigenvalue weighted by molar-refractivity contribution is -0.152. The molecule has 1 atom stereocenters. The highest BCUT2D eigenvalue weighted by Crippen LogP contribution is 2.12. The lowest BCUT2D eigenvalue weighted by Crippen LogP contribution is -2.54. The number of carbonyl (C=O) groups excluding carboxylic acids is 2. The average molecular weight is 318 g/mol. The number of hydrogen-bond donors (Lipinski definition) is 0. The van der Waals surface area contributed by atoms with E-state index >= 15 is 0 Å². The van der Waals surface area contributed by atoms with Gasteiger partial charge in [0.05, 0.1) is 6.54 Å². The molecule has 0 aromatic heterocycles. The Kier molecular flexibility index (Phi) is 6.16. The topological polar surface area (TPSA) is 49.9 Å². The van der Waals surface area contributed by atoms with E-state index < -0.39 is 6.10 Å². The molecule has 1 fully saturated rings. The van der Waals surface area contributed by atoms with Crippen molar-refractivity contribution in [3.05, 3.63) is 35.4 Å². The van der Waals surface area contributed by atoms with Crippen LogP contribution in [0, 0.1) is 6.92 Å². The van der Waals surface area contributed by atoms with Crippen molar-refractivity contribution in [3.8, 4) is 0 Å². The molecular weight excluding hydrogens is 292 g/mol. The van der Waals surface area contributed by atoms with Crippen LogP contribution in [-0.2, 0) is 20.9 Å². The molecule has 1 saturated heterocycles. The third-order valence-electron chi connectivity index (χ3n) is 4.04. The minimum atomic E-state index is -0.480. The Morgan fingerprint density at radius 2 is 1.96 bits per heavy atom. The Morgan fingerprint density at radius 3 is 2.57 bits per heavy atom. The molecule has 5 nitrogen and oxygen atoms in total. The molecule has 1 unspecified atom stereocenters. The highest BCUT2D eigenvalue weighted by molar-refractivity contribution is 5.87. The fraction of sp³-hybridized carbons (Fsp3) is 0.556. The number of carbonyl (C=O) groups is 2. The molecule has 2 amide bonds. The third-order valence-corrected chi connectivity index (χ3v) is 4.04. The van der Waals surface area contributed by atoms with Crippen LogP contribution in [0.5, 0.6) is 0 Å². The molecule has 5 heteroatoms. The minimum Gasteiger partial charge on any atom is -0.369 e. The van der Waals surface area contributed by atoms with Gasteiger partial charge >= 0.3 is 0 Å². The summed E-state index contributed by atoms with van der Waals surface area (Å²) in [7, 11) is 0. The van der Waals surface area contributed by atoms with Gasteiger partial charge in [0.15, 0.2) is 0 Å². The molecule has 23 heavy (non-hydrogen) atoms. The maximum absolute atomic E-state index is 12.3. The van der Waals surface area contributed by atoms with Crippen molar-refractivity contribution in [2.24, 2.45) is 0 Å². The molecule has 0 spiro atoms. The molecule has 126 valence electrons. The highest BCUT2D eigenvalue weighted by Gasteiger charge is 2.29. The van der Waals surface area contributed by atoms with E-state index in [9.17, 15) is 9.59 Å². The summed E-state index contributed by atoms with van der Waals surface area (Å²) in [6, 6.07) is 8.18. The van der Waals surface area contributed by atoms with E-state index in [1.54, 1.807) is 11.8 Å². The van der Waals surface area contributed by atoms with Gasteiger partial charge in [0.1, 0.15) is 6.10 Å². The van der Waals surface area contributed by atoms with Crippen molar-refractivity contribution in [2.45, 2.75) is 39.8 Å². The smallest absolute Gasteiger partial charge is 0.251 e. The molecule has 1 aromatic carbocycles. The quantitative estimate of drug-likeness (QED) is 0.806. The van der Waals surface area contributed by atoms with Crippen molar-refractivity contribution >= 4 is 11.8 Å².